The van der Waals surface area contributed by atoms with E-state index in [0.717, 1.165) is 5.52 Å². The van der Waals surface area contributed by atoms with Crippen LogP contribution in [-0.2, 0) is 6.54 Å². The summed E-state index contributed by atoms with van der Waals surface area (Å²) in [4.78, 5) is 16.6. The zero-order valence-corrected chi connectivity index (χ0v) is 13.4. The summed E-state index contributed by atoms with van der Waals surface area (Å²) in [6.45, 7) is 0.236. The van der Waals surface area contributed by atoms with Gasteiger partial charge in [-0.2, -0.15) is 4.99 Å². The van der Waals surface area contributed by atoms with Crippen molar-refractivity contribution >= 4 is 43.4 Å². The van der Waals surface area contributed by atoms with Gasteiger partial charge in [-0.1, -0.05) is 17.3 Å². The lowest BCUT2D eigenvalue weighted by Crippen LogP contribution is -2.16. The Morgan fingerprint density at radius 2 is 2.27 bits per heavy atom. The molecule has 110 valence electrons. The largest absolute Gasteiger partial charge is 0.444 e. The predicted octanol–water partition coefficient (Wildman–Crippen LogP) is 3.57. The quantitative estimate of drug-likeness (QED) is 0.640. The van der Waals surface area contributed by atoms with Gasteiger partial charge in [-0.25, -0.2) is 4.39 Å². The number of hydrogen-bond donors (Lipinski definition) is 0. The molecule has 2 aromatic heterocycles. The second-order valence-electron chi connectivity index (χ2n) is 4.31. The Kier molecular flexibility index (Phi) is 3.96. The number of halogens is 2. The predicted molar refractivity (Wildman–Crippen MR) is 84.9 cm³/mol. The number of carbonyl (C=O) groups is 1. The van der Waals surface area contributed by atoms with Gasteiger partial charge >= 0.3 is 5.91 Å². The van der Waals surface area contributed by atoms with E-state index in [-0.39, 0.29) is 18.1 Å². The SMILES string of the molecule is C#CCn1c(=NC(=O)c2ccc(Br)o2)sc2cc(F)ccc21. The molecule has 0 unspecified atom stereocenters. The maximum absolute atomic E-state index is 13.3. The van der Waals surface area contributed by atoms with E-state index in [1.165, 1.54) is 29.5 Å². The number of benzene rings is 1. The molecule has 0 N–H and O–H groups in total. The lowest BCUT2D eigenvalue weighted by atomic mass is 10.3. The number of aromatic nitrogens is 1. The van der Waals surface area contributed by atoms with Crippen molar-refractivity contribution in [2.45, 2.75) is 6.54 Å². The van der Waals surface area contributed by atoms with Gasteiger partial charge in [0, 0.05) is 0 Å². The Bertz CT molecular complexity index is 977. The number of hydrogen-bond acceptors (Lipinski definition) is 3. The van der Waals surface area contributed by atoms with Crippen LogP contribution in [0.1, 0.15) is 10.6 Å². The zero-order chi connectivity index (χ0) is 15.7. The monoisotopic (exact) mass is 378 g/mol. The molecule has 0 saturated heterocycles. The molecule has 0 aliphatic carbocycles. The summed E-state index contributed by atoms with van der Waals surface area (Å²) in [5, 5.41) is 0. The third-order valence-electron chi connectivity index (χ3n) is 2.88. The highest BCUT2D eigenvalue weighted by Crippen LogP contribution is 2.19. The second kappa shape index (κ2) is 5.91. The number of terminal acetylenes is 1. The van der Waals surface area contributed by atoms with E-state index in [0.29, 0.717) is 14.2 Å². The molecule has 1 aromatic carbocycles. The lowest BCUT2D eigenvalue weighted by molar-refractivity contribution is 0.0970. The summed E-state index contributed by atoms with van der Waals surface area (Å²) in [7, 11) is 0. The first kappa shape index (κ1) is 14.8. The maximum atomic E-state index is 13.3. The first-order chi connectivity index (χ1) is 10.6. The fourth-order valence-corrected chi connectivity index (χ4v) is 3.31. The van der Waals surface area contributed by atoms with Crippen molar-refractivity contribution < 1.29 is 13.6 Å². The van der Waals surface area contributed by atoms with E-state index < -0.39 is 5.91 Å². The molecule has 7 heteroatoms. The van der Waals surface area contributed by atoms with Crippen molar-refractivity contribution in [2.75, 3.05) is 0 Å². The van der Waals surface area contributed by atoms with Crippen molar-refractivity contribution in [3.63, 3.8) is 0 Å². The van der Waals surface area contributed by atoms with Crippen molar-refractivity contribution in [1.29, 1.82) is 0 Å². The van der Waals surface area contributed by atoms with E-state index >= 15 is 0 Å². The molecule has 2 heterocycles. The highest BCUT2D eigenvalue weighted by molar-refractivity contribution is 9.10. The van der Waals surface area contributed by atoms with Crippen LogP contribution in [0.4, 0.5) is 4.39 Å². The average Bonchev–Trinajstić information content (AvgIpc) is 3.04. The van der Waals surface area contributed by atoms with Crippen molar-refractivity contribution in [3.8, 4) is 12.3 Å². The normalized spacial score (nSPS) is 11.8. The number of carbonyl (C=O) groups excluding carboxylic acids is 1. The second-order valence-corrected chi connectivity index (χ2v) is 6.10. The molecule has 3 rings (SSSR count). The summed E-state index contributed by atoms with van der Waals surface area (Å²) in [6, 6.07) is 7.48. The van der Waals surface area contributed by atoms with Gasteiger partial charge in [0.2, 0.25) is 0 Å². The van der Waals surface area contributed by atoms with Gasteiger partial charge in [0.25, 0.3) is 0 Å². The summed E-state index contributed by atoms with van der Waals surface area (Å²) in [6.07, 6.45) is 5.36. The first-order valence-electron chi connectivity index (χ1n) is 6.15. The topological polar surface area (TPSA) is 47.5 Å². The summed E-state index contributed by atoms with van der Waals surface area (Å²) < 4.78 is 21.3. The fraction of sp³-hybridized carbons (Fsp3) is 0.0667. The molecule has 1 amide bonds. The molecule has 0 saturated carbocycles. The van der Waals surface area contributed by atoms with Crippen LogP contribution in [0.15, 0.2) is 44.4 Å². The molecule has 0 bridgehead atoms. The number of amides is 1. The van der Waals surface area contributed by atoms with Crippen molar-refractivity contribution in [3.05, 3.63) is 51.4 Å². The minimum Gasteiger partial charge on any atom is -0.444 e. The van der Waals surface area contributed by atoms with E-state index in [1.807, 2.05) is 0 Å². The Morgan fingerprint density at radius 1 is 1.45 bits per heavy atom. The third kappa shape index (κ3) is 2.75. The molecule has 3 aromatic rings. The lowest BCUT2D eigenvalue weighted by Gasteiger charge is -1.99. The van der Waals surface area contributed by atoms with Crippen LogP contribution in [0.25, 0.3) is 10.2 Å². The van der Waals surface area contributed by atoms with Gasteiger partial charge in [0.1, 0.15) is 5.82 Å². The van der Waals surface area contributed by atoms with Crippen LogP contribution in [0.3, 0.4) is 0 Å². The summed E-state index contributed by atoms with van der Waals surface area (Å²) >= 11 is 4.32. The van der Waals surface area contributed by atoms with Gasteiger partial charge in [-0.05, 0) is 46.3 Å². The first-order valence-corrected chi connectivity index (χ1v) is 7.76. The van der Waals surface area contributed by atoms with Crippen LogP contribution < -0.4 is 4.80 Å². The Hall–Kier alpha value is -2.17. The van der Waals surface area contributed by atoms with Crippen molar-refractivity contribution in [2.24, 2.45) is 4.99 Å². The molecule has 0 atom stereocenters. The van der Waals surface area contributed by atoms with Crippen LogP contribution in [0.5, 0.6) is 0 Å². The van der Waals surface area contributed by atoms with Crippen molar-refractivity contribution in [1.82, 2.24) is 4.57 Å². The molecule has 0 radical (unpaired) electrons. The molecule has 22 heavy (non-hydrogen) atoms. The number of thiazole rings is 1. The van der Waals surface area contributed by atoms with Gasteiger partial charge in [-0.3, -0.25) is 4.79 Å². The number of furan rings is 1. The minimum atomic E-state index is -0.525. The Morgan fingerprint density at radius 3 is 2.95 bits per heavy atom. The smallest absolute Gasteiger partial charge is 0.315 e. The average molecular weight is 379 g/mol. The molecule has 0 fully saturated rings. The zero-order valence-electron chi connectivity index (χ0n) is 11.0. The Labute approximate surface area is 137 Å². The fourth-order valence-electron chi connectivity index (χ4n) is 1.95. The Balaban J connectivity index is 2.17. The van der Waals surface area contributed by atoms with Crippen LogP contribution in [-0.4, -0.2) is 10.5 Å². The highest BCUT2D eigenvalue weighted by Gasteiger charge is 2.12. The summed E-state index contributed by atoms with van der Waals surface area (Å²) in [5.74, 6) is 1.74. The molecule has 0 aliphatic rings. The summed E-state index contributed by atoms with van der Waals surface area (Å²) in [5.41, 5.74) is 0.733. The molecule has 4 nitrogen and oxygen atoms in total. The number of nitrogens with zero attached hydrogens (tertiary/aromatic N) is 2. The maximum Gasteiger partial charge on any atom is 0.315 e. The van der Waals surface area contributed by atoms with E-state index in [2.05, 4.69) is 26.8 Å². The standard InChI is InChI=1S/C15H8BrFN2O2S/c1-2-7-19-10-4-3-9(17)8-12(10)22-15(19)18-14(20)11-5-6-13(16)21-11/h1,3-6,8H,7H2. The number of rotatable bonds is 2. The van der Waals surface area contributed by atoms with Crippen LogP contribution in [0.2, 0.25) is 0 Å². The van der Waals surface area contributed by atoms with Crippen LogP contribution in [0, 0.1) is 18.2 Å². The van der Waals surface area contributed by atoms with E-state index in [1.54, 1.807) is 16.7 Å². The van der Waals surface area contributed by atoms with Crippen LogP contribution >= 0.6 is 27.3 Å². The molecular formula is C15H8BrFN2O2S. The van der Waals surface area contributed by atoms with E-state index in [9.17, 15) is 9.18 Å². The number of fused-ring (bicyclic) bond motifs is 1. The highest BCUT2D eigenvalue weighted by atomic mass is 79.9. The van der Waals surface area contributed by atoms with Gasteiger partial charge in [-0.15, -0.1) is 6.42 Å². The molecular weight excluding hydrogens is 371 g/mol. The minimum absolute atomic E-state index is 0.114. The van der Waals surface area contributed by atoms with E-state index in [4.69, 9.17) is 10.8 Å². The van der Waals surface area contributed by atoms with Gasteiger partial charge in [0.15, 0.2) is 15.2 Å². The molecule has 0 spiro atoms. The van der Waals surface area contributed by atoms with Gasteiger partial charge in [0.05, 0.1) is 16.8 Å². The molecule has 0 aliphatic heterocycles. The third-order valence-corrected chi connectivity index (χ3v) is 4.34. The van der Waals surface area contributed by atoms with Gasteiger partial charge < -0.3 is 8.98 Å².